The van der Waals surface area contributed by atoms with Crippen LogP contribution in [0, 0.1) is 6.92 Å². The number of aryl methyl sites for hydroxylation is 1. The summed E-state index contributed by atoms with van der Waals surface area (Å²) in [5.41, 5.74) is 4.92. The second-order valence-corrected chi connectivity index (χ2v) is 5.99. The number of hydrazone groups is 1. The monoisotopic (exact) mass is 362 g/mol. The highest BCUT2D eigenvalue weighted by molar-refractivity contribution is 5.91. The second-order valence-electron chi connectivity index (χ2n) is 5.99. The number of benzene rings is 2. The van der Waals surface area contributed by atoms with Gasteiger partial charge in [0.15, 0.2) is 0 Å². The van der Waals surface area contributed by atoms with E-state index in [-0.39, 0.29) is 17.9 Å². The summed E-state index contributed by atoms with van der Waals surface area (Å²) < 4.78 is 5.65. The Bertz CT molecular complexity index is 990. The van der Waals surface area contributed by atoms with E-state index in [9.17, 15) is 14.7 Å². The maximum atomic E-state index is 11.9. The second kappa shape index (κ2) is 8.14. The molecule has 0 fully saturated rings. The number of rotatable bonds is 6. The molecule has 0 aliphatic rings. The van der Waals surface area contributed by atoms with Crippen molar-refractivity contribution in [3.05, 3.63) is 83.1 Å². The lowest BCUT2D eigenvalue weighted by Gasteiger charge is -2.03. The molecule has 3 aromatic rings. The molecule has 0 saturated heterocycles. The number of aromatic carboxylic acids is 1. The zero-order valence-corrected chi connectivity index (χ0v) is 14.7. The largest absolute Gasteiger partial charge is 0.478 e. The van der Waals surface area contributed by atoms with Crippen LogP contribution in [-0.2, 0) is 11.2 Å². The van der Waals surface area contributed by atoms with Crippen LogP contribution in [0.4, 0.5) is 0 Å². The molecule has 2 N–H and O–H groups in total. The first-order valence-electron chi connectivity index (χ1n) is 8.33. The summed E-state index contributed by atoms with van der Waals surface area (Å²) in [5, 5.41) is 13.1. The quantitative estimate of drug-likeness (QED) is 0.517. The van der Waals surface area contributed by atoms with Gasteiger partial charge in [-0.05, 0) is 36.2 Å². The van der Waals surface area contributed by atoms with Crippen molar-refractivity contribution in [1.82, 2.24) is 5.43 Å². The fourth-order valence-corrected chi connectivity index (χ4v) is 2.57. The zero-order valence-electron chi connectivity index (χ0n) is 14.7. The van der Waals surface area contributed by atoms with Crippen LogP contribution in [0.5, 0.6) is 0 Å². The predicted molar refractivity (Wildman–Crippen MR) is 102 cm³/mol. The van der Waals surface area contributed by atoms with Crippen molar-refractivity contribution < 1.29 is 19.1 Å². The molecule has 1 heterocycles. The molecule has 0 atom stereocenters. The Kier molecular flexibility index (Phi) is 5.47. The molecule has 2 aromatic carbocycles. The topological polar surface area (TPSA) is 91.9 Å². The van der Waals surface area contributed by atoms with Gasteiger partial charge in [0.05, 0.1) is 18.2 Å². The number of hydrogen-bond donors (Lipinski definition) is 2. The molecule has 0 saturated carbocycles. The molecule has 0 radical (unpaired) electrons. The summed E-state index contributed by atoms with van der Waals surface area (Å²) in [6, 6.07) is 17.9. The Hall–Kier alpha value is -3.67. The summed E-state index contributed by atoms with van der Waals surface area (Å²) in [6.07, 6.45) is 1.64. The van der Waals surface area contributed by atoms with E-state index in [4.69, 9.17) is 4.42 Å². The molecule has 6 nitrogen and oxygen atoms in total. The first-order chi connectivity index (χ1) is 13.0. The summed E-state index contributed by atoms with van der Waals surface area (Å²) >= 11 is 0. The predicted octanol–water partition coefficient (Wildman–Crippen LogP) is 3.65. The molecule has 0 aliphatic heterocycles. The molecule has 0 bridgehead atoms. The Morgan fingerprint density at radius 3 is 2.63 bits per heavy atom. The van der Waals surface area contributed by atoms with Crippen LogP contribution in [0.15, 0.2) is 70.2 Å². The van der Waals surface area contributed by atoms with Crippen molar-refractivity contribution in [3.63, 3.8) is 0 Å². The first-order valence-corrected chi connectivity index (χ1v) is 8.33. The van der Waals surface area contributed by atoms with Gasteiger partial charge in [-0.1, -0.05) is 42.5 Å². The lowest BCUT2D eigenvalue weighted by atomic mass is 10.0. The zero-order chi connectivity index (χ0) is 19.2. The molecule has 1 aromatic heterocycles. The molecule has 0 spiro atoms. The van der Waals surface area contributed by atoms with E-state index in [1.54, 1.807) is 37.3 Å². The number of furan rings is 1. The minimum absolute atomic E-state index is 0.228. The van der Waals surface area contributed by atoms with E-state index in [2.05, 4.69) is 10.5 Å². The number of nitrogens with zero attached hydrogens (tertiary/aromatic N) is 1. The van der Waals surface area contributed by atoms with Crippen LogP contribution < -0.4 is 5.43 Å². The van der Waals surface area contributed by atoms with E-state index in [0.717, 1.165) is 5.56 Å². The van der Waals surface area contributed by atoms with E-state index in [1.165, 1.54) is 6.21 Å². The average molecular weight is 362 g/mol. The maximum Gasteiger partial charge on any atom is 0.335 e. The van der Waals surface area contributed by atoms with Crippen LogP contribution in [-0.4, -0.2) is 23.2 Å². The molecular weight excluding hydrogens is 344 g/mol. The molecule has 0 aliphatic carbocycles. The van der Waals surface area contributed by atoms with Gasteiger partial charge in [0, 0.05) is 5.56 Å². The lowest BCUT2D eigenvalue weighted by Crippen LogP contribution is -2.19. The Morgan fingerprint density at radius 1 is 1.11 bits per heavy atom. The number of carboxylic acid groups (broad SMARTS) is 1. The Labute approximate surface area is 156 Å². The van der Waals surface area contributed by atoms with Gasteiger partial charge in [-0.25, -0.2) is 10.2 Å². The van der Waals surface area contributed by atoms with Crippen LogP contribution in [0.1, 0.15) is 27.2 Å². The maximum absolute atomic E-state index is 11.9. The molecule has 3 rings (SSSR count). The van der Waals surface area contributed by atoms with Gasteiger partial charge in [-0.3, -0.25) is 4.79 Å². The van der Waals surface area contributed by atoms with E-state index in [0.29, 0.717) is 22.6 Å². The van der Waals surface area contributed by atoms with Crippen LogP contribution in [0.25, 0.3) is 11.3 Å². The van der Waals surface area contributed by atoms with Crippen LogP contribution in [0.2, 0.25) is 0 Å². The van der Waals surface area contributed by atoms with Crippen molar-refractivity contribution in [1.29, 1.82) is 0 Å². The third-order valence-corrected chi connectivity index (χ3v) is 3.97. The van der Waals surface area contributed by atoms with Gasteiger partial charge < -0.3 is 9.52 Å². The molecule has 0 unspecified atom stereocenters. The Balaban J connectivity index is 1.64. The number of carbonyl (C=O) groups is 2. The van der Waals surface area contributed by atoms with Gasteiger partial charge in [0.2, 0.25) is 5.91 Å². The molecule has 6 heteroatoms. The van der Waals surface area contributed by atoms with Gasteiger partial charge in [-0.2, -0.15) is 5.10 Å². The average Bonchev–Trinajstić information content (AvgIpc) is 3.11. The number of nitrogens with one attached hydrogen (secondary N) is 1. The number of amides is 1. The van der Waals surface area contributed by atoms with Crippen molar-refractivity contribution in [2.75, 3.05) is 0 Å². The Morgan fingerprint density at radius 2 is 1.89 bits per heavy atom. The van der Waals surface area contributed by atoms with E-state index >= 15 is 0 Å². The lowest BCUT2D eigenvalue weighted by molar-refractivity contribution is -0.120. The third kappa shape index (κ3) is 4.70. The fourth-order valence-electron chi connectivity index (χ4n) is 2.57. The van der Waals surface area contributed by atoms with Gasteiger partial charge in [0.1, 0.15) is 11.5 Å². The minimum atomic E-state index is -0.983. The van der Waals surface area contributed by atoms with Gasteiger partial charge in [-0.15, -0.1) is 0 Å². The van der Waals surface area contributed by atoms with Crippen molar-refractivity contribution >= 4 is 18.1 Å². The van der Waals surface area contributed by atoms with E-state index in [1.807, 2.05) is 30.3 Å². The third-order valence-electron chi connectivity index (χ3n) is 3.97. The van der Waals surface area contributed by atoms with Crippen LogP contribution in [0.3, 0.4) is 0 Å². The molecule has 136 valence electrons. The number of carbonyl (C=O) groups excluding carboxylic acids is 1. The fraction of sp³-hybridized carbons (Fsp3) is 0.0952. The summed E-state index contributed by atoms with van der Waals surface area (Å²) in [7, 11) is 0. The van der Waals surface area contributed by atoms with E-state index < -0.39 is 5.97 Å². The summed E-state index contributed by atoms with van der Waals surface area (Å²) in [6.45, 7) is 1.74. The number of hydrogen-bond acceptors (Lipinski definition) is 4. The highest BCUT2D eigenvalue weighted by Gasteiger charge is 2.11. The minimum Gasteiger partial charge on any atom is -0.478 e. The van der Waals surface area contributed by atoms with Crippen molar-refractivity contribution in [2.45, 2.75) is 13.3 Å². The smallest absolute Gasteiger partial charge is 0.335 e. The normalized spacial score (nSPS) is 10.9. The SMILES string of the molecule is Cc1ccc(-c2ccc(/C=N\NC(=O)Cc3ccccc3)o2)cc1C(=O)O. The summed E-state index contributed by atoms with van der Waals surface area (Å²) in [5.74, 6) is -0.241. The highest BCUT2D eigenvalue weighted by atomic mass is 16.4. The first kappa shape index (κ1) is 18.1. The molecular formula is C21H18N2O4. The standard InChI is InChI=1S/C21H18N2O4/c1-14-7-8-16(12-18(14)21(25)26)19-10-9-17(27-19)13-22-23-20(24)11-15-5-3-2-4-6-15/h2-10,12-13H,11H2,1H3,(H,23,24)(H,25,26)/b22-13-. The van der Waals surface area contributed by atoms with Crippen LogP contribution >= 0.6 is 0 Å². The van der Waals surface area contributed by atoms with Crippen molar-refractivity contribution in [2.24, 2.45) is 5.10 Å². The molecule has 27 heavy (non-hydrogen) atoms. The summed E-state index contributed by atoms with van der Waals surface area (Å²) in [4.78, 5) is 23.1. The highest BCUT2D eigenvalue weighted by Crippen LogP contribution is 2.24. The van der Waals surface area contributed by atoms with Gasteiger partial charge in [0.25, 0.3) is 0 Å². The van der Waals surface area contributed by atoms with Crippen molar-refractivity contribution in [3.8, 4) is 11.3 Å². The number of carboxylic acids is 1. The molecule has 1 amide bonds. The van der Waals surface area contributed by atoms with Gasteiger partial charge >= 0.3 is 5.97 Å².